The molecular formula is C6H5BrINO3S. The van der Waals surface area contributed by atoms with Crippen molar-refractivity contribution in [1.29, 1.82) is 0 Å². The van der Waals surface area contributed by atoms with Crippen molar-refractivity contribution in [2.45, 2.75) is 4.90 Å². The van der Waals surface area contributed by atoms with Crippen LogP contribution in [0.1, 0.15) is 0 Å². The van der Waals surface area contributed by atoms with Gasteiger partial charge in [-0.1, -0.05) is 15.9 Å². The lowest BCUT2D eigenvalue weighted by Gasteiger charge is -2.00. The SMILES string of the molecule is NS(=O)(=O)c1cc(Br)ccc1I=O. The van der Waals surface area contributed by atoms with Crippen LogP contribution in [0.2, 0.25) is 0 Å². The van der Waals surface area contributed by atoms with Gasteiger partial charge in [-0.05, 0) is 18.2 Å². The smallest absolute Gasteiger partial charge is 0.239 e. The van der Waals surface area contributed by atoms with Crippen molar-refractivity contribution in [2.24, 2.45) is 5.14 Å². The Kier molecular flexibility index (Phi) is 3.55. The first kappa shape index (κ1) is 11.2. The van der Waals surface area contributed by atoms with Gasteiger partial charge in [0.2, 0.25) is 10.0 Å². The van der Waals surface area contributed by atoms with Crippen LogP contribution in [0.25, 0.3) is 0 Å². The van der Waals surface area contributed by atoms with Crippen molar-refractivity contribution in [3.8, 4) is 0 Å². The predicted molar refractivity (Wildman–Crippen MR) is 58.9 cm³/mol. The topological polar surface area (TPSA) is 77.2 Å². The van der Waals surface area contributed by atoms with Crippen molar-refractivity contribution >= 4 is 47.1 Å². The lowest BCUT2D eigenvalue weighted by molar-refractivity contribution is 0.597. The maximum atomic E-state index is 11.0. The Hall–Kier alpha value is 0.140. The van der Waals surface area contributed by atoms with E-state index in [1.165, 1.54) is 12.1 Å². The summed E-state index contributed by atoms with van der Waals surface area (Å²) in [4.78, 5) is -0.0651. The second kappa shape index (κ2) is 4.11. The molecule has 1 aromatic carbocycles. The summed E-state index contributed by atoms with van der Waals surface area (Å²) in [5, 5.41) is 4.93. The molecule has 13 heavy (non-hydrogen) atoms. The van der Waals surface area contributed by atoms with Crippen LogP contribution >= 0.6 is 37.1 Å². The molecule has 0 amide bonds. The molecule has 0 aromatic heterocycles. The predicted octanol–water partition coefficient (Wildman–Crippen LogP) is 1.58. The van der Waals surface area contributed by atoms with E-state index in [1.807, 2.05) is 0 Å². The minimum absolute atomic E-state index is 0.0651. The molecule has 0 atom stereocenters. The van der Waals surface area contributed by atoms with Crippen molar-refractivity contribution < 1.29 is 11.5 Å². The Balaban J connectivity index is 3.50. The minimum atomic E-state index is -3.77. The molecule has 0 spiro atoms. The second-order valence-corrected chi connectivity index (χ2v) is 6.25. The minimum Gasteiger partial charge on any atom is -0.265 e. The average molecular weight is 378 g/mol. The monoisotopic (exact) mass is 377 g/mol. The molecule has 0 aliphatic rings. The number of halogens is 2. The number of nitrogens with two attached hydrogens (primary N) is 1. The van der Waals surface area contributed by atoms with E-state index in [0.29, 0.717) is 8.04 Å². The molecule has 0 aliphatic carbocycles. The molecule has 1 aromatic rings. The molecule has 1 rings (SSSR count). The molecule has 0 aliphatic heterocycles. The number of rotatable bonds is 2. The van der Waals surface area contributed by atoms with Crippen LogP contribution in [-0.4, -0.2) is 8.42 Å². The third-order valence-electron chi connectivity index (χ3n) is 1.28. The van der Waals surface area contributed by atoms with Gasteiger partial charge in [-0.15, -0.1) is 0 Å². The van der Waals surface area contributed by atoms with Crippen molar-refractivity contribution in [1.82, 2.24) is 0 Å². The van der Waals surface area contributed by atoms with Crippen LogP contribution < -0.4 is 5.14 Å². The Labute approximate surface area is 94.3 Å². The van der Waals surface area contributed by atoms with E-state index in [2.05, 4.69) is 15.9 Å². The molecule has 0 saturated heterocycles. The fraction of sp³-hybridized carbons (Fsp3) is 0. The quantitative estimate of drug-likeness (QED) is 0.795. The molecule has 0 bridgehead atoms. The van der Waals surface area contributed by atoms with Crippen molar-refractivity contribution in [3.63, 3.8) is 0 Å². The van der Waals surface area contributed by atoms with Crippen LogP contribution in [0.5, 0.6) is 0 Å². The fourth-order valence-electron chi connectivity index (χ4n) is 0.759. The van der Waals surface area contributed by atoms with Gasteiger partial charge in [0.05, 0.1) is 8.47 Å². The number of benzene rings is 1. The summed E-state index contributed by atoms with van der Waals surface area (Å²) in [5.41, 5.74) is 0. The lowest BCUT2D eigenvalue weighted by atomic mass is 10.4. The van der Waals surface area contributed by atoms with E-state index in [4.69, 9.17) is 5.14 Å². The maximum Gasteiger partial charge on any atom is 0.239 e. The number of sulfonamides is 1. The maximum absolute atomic E-state index is 11.0. The summed E-state index contributed by atoms with van der Waals surface area (Å²) in [6, 6.07) is 4.47. The van der Waals surface area contributed by atoms with Gasteiger partial charge in [0.25, 0.3) is 0 Å². The molecule has 0 unspecified atom stereocenters. The molecule has 4 nitrogen and oxygen atoms in total. The van der Waals surface area contributed by atoms with E-state index >= 15 is 0 Å². The highest BCUT2D eigenvalue weighted by atomic mass is 127. The third kappa shape index (κ3) is 2.79. The van der Waals surface area contributed by atoms with Crippen LogP contribution in [0, 0.1) is 3.57 Å². The van der Waals surface area contributed by atoms with Gasteiger partial charge in [-0.2, -0.15) is 0 Å². The third-order valence-corrected chi connectivity index (χ3v) is 4.51. The lowest BCUT2D eigenvalue weighted by Crippen LogP contribution is -2.13. The highest BCUT2D eigenvalue weighted by molar-refractivity contribution is 14.1. The molecule has 0 fully saturated rings. The Morgan fingerprint density at radius 1 is 1.38 bits per heavy atom. The standard InChI is InChI=1S/C6H5BrINO3S/c7-4-1-2-5(8-10)6(3-4)13(9,11)12/h1-3H,(H2,9,11,12). The van der Waals surface area contributed by atoms with E-state index in [1.54, 1.807) is 6.07 Å². The summed E-state index contributed by atoms with van der Waals surface area (Å²) in [7, 11) is -3.77. The van der Waals surface area contributed by atoms with E-state index < -0.39 is 31.2 Å². The number of hydrogen-bond donors (Lipinski definition) is 1. The van der Waals surface area contributed by atoms with Gasteiger partial charge >= 0.3 is 0 Å². The Morgan fingerprint density at radius 2 is 2.00 bits per heavy atom. The molecule has 0 saturated carbocycles. The zero-order valence-electron chi connectivity index (χ0n) is 6.20. The molecule has 7 heteroatoms. The van der Waals surface area contributed by atoms with Gasteiger partial charge in [-0.3, -0.25) is 3.07 Å². The Bertz CT molecular complexity index is 445. The summed E-state index contributed by atoms with van der Waals surface area (Å²) in [6.07, 6.45) is 0. The molecule has 0 radical (unpaired) electrons. The summed E-state index contributed by atoms with van der Waals surface area (Å²) in [6.45, 7) is 0. The fourth-order valence-corrected chi connectivity index (χ4v) is 3.73. The molecule has 0 heterocycles. The first-order chi connectivity index (χ1) is 5.95. The first-order valence-corrected chi connectivity index (χ1v) is 7.34. The van der Waals surface area contributed by atoms with E-state index in [9.17, 15) is 11.5 Å². The van der Waals surface area contributed by atoms with Crippen molar-refractivity contribution in [3.05, 3.63) is 26.2 Å². The van der Waals surface area contributed by atoms with Crippen LogP contribution in [0.4, 0.5) is 0 Å². The summed E-state index contributed by atoms with van der Waals surface area (Å²) < 4.78 is 33.6. The van der Waals surface area contributed by atoms with E-state index in [0.717, 1.165) is 0 Å². The largest absolute Gasteiger partial charge is 0.265 e. The molecule has 72 valence electrons. The number of primary sulfonamides is 1. The highest BCUT2D eigenvalue weighted by Gasteiger charge is 2.14. The first-order valence-electron chi connectivity index (χ1n) is 3.04. The van der Waals surface area contributed by atoms with Gasteiger partial charge in [0.15, 0.2) is 21.2 Å². The van der Waals surface area contributed by atoms with Gasteiger partial charge in [-0.25, -0.2) is 13.6 Å². The molecule has 2 N–H and O–H groups in total. The average Bonchev–Trinajstić information content (AvgIpc) is 2.03. The van der Waals surface area contributed by atoms with E-state index in [-0.39, 0.29) is 4.90 Å². The van der Waals surface area contributed by atoms with Crippen LogP contribution in [0.3, 0.4) is 0 Å². The number of hydrogen-bond acceptors (Lipinski definition) is 3. The summed E-state index contributed by atoms with van der Waals surface area (Å²) >= 11 is 1.59. The van der Waals surface area contributed by atoms with Crippen LogP contribution in [-0.2, 0) is 13.1 Å². The van der Waals surface area contributed by atoms with Gasteiger partial charge in [0, 0.05) is 4.47 Å². The normalized spacial score (nSPS) is 11.5. The van der Waals surface area contributed by atoms with Gasteiger partial charge in [0.1, 0.15) is 0 Å². The zero-order chi connectivity index (χ0) is 10.1. The van der Waals surface area contributed by atoms with Crippen LogP contribution in [0.15, 0.2) is 27.6 Å². The Morgan fingerprint density at radius 3 is 2.46 bits per heavy atom. The van der Waals surface area contributed by atoms with Crippen molar-refractivity contribution in [2.75, 3.05) is 0 Å². The highest BCUT2D eigenvalue weighted by Crippen LogP contribution is 2.23. The second-order valence-electron chi connectivity index (χ2n) is 2.20. The van der Waals surface area contributed by atoms with Gasteiger partial charge < -0.3 is 0 Å². The zero-order valence-corrected chi connectivity index (χ0v) is 10.8. The molecular weight excluding hydrogens is 373 g/mol. The summed E-state index contributed by atoms with van der Waals surface area (Å²) in [5.74, 6) is 0.